The van der Waals surface area contributed by atoms with Crippen molar-refractivity contribution in [1.82, 2.24) is 19.7 Å². The highest BCUT2D eigenvalue weighted by Gasteiger charge is 2.22. The van der Waals surface area contributed by atoms with Gasteiger partial charge in [-0.2, -0.15) is 5.10 Å². The number of rotatable bonds is 7. The molecule has 4 rings (SSSR count). The number of aryl methyl sites for hydroxylation is 2. The van der Waals surface area contributed by atoms with Gasteiger partial charge in [-0.15, -0.1) is 0 Å². The summed E-state index contributed by atoms with van der Waals surface area (Å²) < 4.78 is 6.64. The number of ether oxygens (including phenoxy) is 1. The molecule has 9 nitrogen and oxygen atoms in total. The first-order valence-electron chi connectivity index (χ1n) is 10.8. The van der Waals surface area contributed by atoms with E-state index in [1.165, 1.54) is 10.9 Å². The van der Waals surface area contributed by atoms with Crippen molar-refractivity contribution < 1.29 is 14.3 Å². The lowest BCUT2D eigenvalue weighted by atomic mass is 10.2. The van der Waals surface area contributed by atoms with E-state index in [0.717, 1.165) is 11.4 Å². The van der Waals surface area contributed by atoms with Gasteiger partial charge in [0.25, 0.3) is 5.91 Å². The van der Waals surface area contributed by atoms with Crippen LogP contribution in [0.4, 0.5) is 17.5 Å². The van der Waals surface area contributed by atoms with Crippen LogP contribution in [-0.4, -0.2) is 38.2 Å². The fourth-order valence-corrected chi connectivity index (χ4v) is 3.42. The molecule has 0 fully saturated rings. The molecule has 2 aromatic carbocycles. The minimum atomic E-state index is -0.567. The number of nitrogens with one attached hydrogen (secondary N) is 2. The zero-order valence-electron chi connectivity index (χ0n) is 19.1. The van der Waals surface area contributed by atoms with Crippen LogP contribution in [0.15, 0.2) is 66.9 Å². The van der Waals surface area contributed by atoms with Crippen molar-refractivity contribution in [2.75, 3.05) is 17.2 Å². The van der Waals surface area contributed by atoms with Gasteiger partial charge in [-0.3, -0.25) is 4.79 Å². The molecule has 4 aromatic rings. The highest BCUT2D eigenvalue weighted by Crippen LogP contribution is 2.23. The van der Waals surface area contributed by atoms with Gasteiger partial charge >= 0.3 is 5.97 Å². The van der Waals surface area contributed by atoms with E-state index in [2.05, 4.69) is 25.7 Å². The first kappa shape index (κ1) is 22.7. The number of hydrogen-bond acceptors (Lipinski definition) is 7. The van der Waals surface area contributed by atoms with E-state index in [1.54, 1.807) is 25.1 Å². The van der Waals surface area contributed by atoms with Crippen LogP contribution >= 0.6 is 0 Å². The zero-order chi connectivity index (χ0) is 24.1. The second-order valence-corrected chi connectivity index (χ2v) is 7.51. The van der Waals surface area contributed by atoms with Crippen LogP contribution in [0.3, 0.4) is 0 Å². The predicted octanol–water partition coefficient (Wildman–Crippen LogP) is 4.45. The van der Waals surface area contributed by atoms with Crippen molar-refractivity contribution in [3.05, 3.63) is 89.4 Å². The van der Waals surface area contributed by atoms with Crippen molar-refractivity contribution in [1.29, 1.82) is 0 Å². The fraction of sp³-hybridized carbons (Fsp3) is 0.160. The summed E-state index contributed by atoms with van der Waals surface area (Å²) in [6.07, 6.45) is 1.38. The number of carbonyl (C=O) groups is 2. The Morgan fingerprint density at radius 2 is 1.71 bits per heavy atom. The maximum atomic E-state index is 13.2. The molecule has 0 bridgehead atoms. The molecule has 0 atom stereocenters. The summed E-state index contributed by atoms with van der Waals surface area (Å²) >= 11 is 0. The maximum Gasteiger partial charge on any atom is 0.343 e. The van der Waals surface area contributed by atoms with Gasteiger partial charge < -0.3 is 15.4 Å². The molecule has 1 amide bonds. The Morgan fingerprint density at radius 3 is 2.41 bits per heavy atom. The van der Waals surface area contributed by atoms with Gasteiger partial charge in [0.2, 0.25) is 5.95 Å². The van der Waals surface area contributed by atoms with Gasteiger partial charge in [-0.1, -0.05) is 24.3 Å². The Morgan fingerprint density at radius 1 is 0.971 bits per heavy atom. The summed E-state index contributed by atoms with van der Waals surface area (Å²) in [6, 6.07) is 18.0. The van der Waals surface area contributed by atoms with E-state index >= 15 is 0 Å². The van der Waals surface area contributed by atoms with Crippen molar-refractivity contribution >= 4 is 29.3 Å². The molecule has 0 aliphatic rings. The van der Waals surface area contributed by atoms with Crippen molar-refractivity contribution in [3.8, 4) is 5.69 Å². The smallest absolute Gasteiger partial charge is 0.343 e. The first-order valence-corrected chi connectivity index (χ1v) is 10.8. The van der Waals surface area contributed by atoms with Gasteiger partial charge in [-0.05, 0) is 57.2 Å². The van der Waals surface area contributed by atoms with Gasteiger partial charge in [0.15, 0.2) is 5.82 Å². The van der Waals surface area contributed by atoms with Gasteiger partial charge in [0.05, 0.1) is 18.5 Å². The number of esters is 1. The summed E-state index contributed by atoms with van der Waals surface area (Å²) in [5.74, 6) is -0.303. The second-order valence-electron chi connectivity index (χ2n) is 7.51. The summed E-state index contributed by atoms with van der Waals surface area (Å²) in [6.45, 7) is 5.70. The molecule has 0 radical (unpaired) electrons. The van der Waals surface area contributed by atoms with Crippen molar-refractivity contribution in [2.45, 2.75) is 20.8 Å². The Balaban J connectivity index is 1.63. The summed E-state index contributed by atoms with van der Waals surface area (Å²) in [5, 5.41) is 10.3. The molecule has 172 valence electrons. The van der Waals surface area contributed by atoms with Crippen molar-refractivity contribution in [2.24, 2.45) is 0 Å². The third kappa shape index (κ3) is 5.09. The van der Waals surface area contributed by atoms with Crippen LogP contribution in [0.5, 0.6) is 0 Å². The van der Waals surface area contributed by atoms with E-state index in [1.807, 2.05) is 56.3 Å². The topological polar surface area (TPSA) is 111 Å². The van der Waals surface area contributed by atoms with Crippen LogP contribution in [0.2, 0.25) is 0 Å². The molecule has 34 heavy (non-hydrogen) atoms. The number of hydrogen-bond donors (Lipinski definition) is 2. The highest BCUT2D eigenvalue weighted by atomic mass is 16.5. The third-order valence-corrected chi connectivity index (χ3v) is 4.86. The lowest BCUT2D eigenvalue weighted by Gasteiger charge is -2.12. The number of amides is 1. The molecular formula is C25H24N6O3. The molecule has 0 aliphatic carbocycles. The number of anilines is 3. The highest BCUT2D eigenvalue weighted by molar-refractivity contribution is 6.08. The van der Waals surface area contributed by atoms with Gasteiger partial charge in [0.1, 0.15) is 5.56 Å². The molecule has 2 aromatic heterocycles. The average molecular weight is 457 g/mol. The molecule has 0 spiro atoms. The molecule has 0 aliphatic heterocycles. The molecule has 2 heterocycles. The van der Waals surface area contributed by atoms with E-state index in [4.69, 9.17) is 4.74 Å². The molecule has 9 heteroatoms. The number of benzene rings is 2. The lowest BCUT2D eigenvalue weighted by molar-refractivity contribution is 0.0527. The minimum absolute atomic E-state index is 0.164. The maximum absolute atomic E-state index is 13.2. The molecule has 0 saturated carbocycles. The summed E-state index contributed by atoms with van der Waals surface area (Å²) in [4.78, 5) is 34.4. The Labute approximate surface area is 196 Å². The Bertz CT molecular complexity index is 1310. The first-order chi connectivity index (χ1) is 16.4. The largest absolute Gasteiger partial charge is 0.462 e. The van der Waals surface area contributed by atoms with Crippen LogP contribution in [0.25, 0.3) is 5.69 Å². The predicted molar refractivity (Wildman–Crippen MR) is 129 cm³/mol. The van der Waals surface area contributed by atoms with Crippen LogP contribution in [-0.2, 0) is 4.74 Å². The monoisotopic (exact) mass is 456 g/mol. The summed E-state index contributed by atoms with van der Waals surface area (Å²) in [7, 11) is 0. The number of nitrogens with zero attached hydrogens (tertiary/aromatic N) is 4. The SMILES string of the molecule is CCOC(=O)c1cnn(-c2ccccc2)c1NC(=O)c1cccc(Nc2nc(C)cc(C)n2)c1. The Hall–Kier alpha value is -4.53. The normalized spacial score (nSPS) is 10.6. The fourth-order valence-electron chi connectivity index (χ4n) is 3.42. The number of carbonyl (C=O) groups excluding carboxylic acids is 2. The van der Waals surface area contributed by atoms with E-state index < -0.39 is 11.9 Å². The molecule has 0 saturated heterocycles. The van der Waals surface area contributed by atoms with Gasteiger partial charge in [-0.25, -0.2) is 19.4 Å². The second kappa shape index (κ2) is 9.95. The number of para-hydroxylation sites is 1. The third-order valence-electron chi connectivity index (χ3n) is 4.86. The lowest BCUT2D eigenvalue weighted by Crippen LogP contribution is -2.18. The molecule has 0 unspecified atom stereocenters. The van der Waals surface area contributed by atoms with E-state index in [9.17, 15) is 9.59 Å². The van der Waals surface area contributed by atoms with Crippen LogP contribution in [0, 0.1) is 13.8 Å². The Kier molecular flexibility index (Phi) is 6.63. The van der Waals surface area contributed by atoms with Gasteiger partial charge in [0, 0.05) is 22.6 Å². The minimum Gasteiger partial charge on any atom is -0.462 e. The van der Waals surface area contributed by atoms with E-state index in [-0.39, 0.29) is 18.0 Å². The average Bonchev–Trinajstić information content (AvgIpc) is 3.23. The molecule has 2 N–H and O–H groups in total. The van der Waals surface area contributed by atoms with Crippen LogP contribution in [0.1, 0.15) is 39.0 Å². The molecular weight excluding hydrogens is 432 g/mol. The number of aromatic nitrogens is 4. The summed E-state index contributed by atoms with van der Waals surface area (Å²) in [5.41, 5.74) is 3.56. The van der Waals surface area contributed by atoms with E-state index in [0.29, 0.717) is 22.9 Å². The standard InChI is InChI=1S/C25H24N6O3/c1-4-34-24(33)21-15-26-31(20-11-6-5-7-12-20)22(21)30-23(32)18-9-8-10-19(14-18)29-25-27-16(2)13-17(3)28-25/h5-15H,4H2,1-3H3,(H,30,32)(H,27,28,29). The quantitative estimate of drug-likeness (QED) is 0.395. The zero-order valence-corrected chi connectivity index (χ0v) is 19.1. The van der Waals surface area contributed by atoms with Crippen molar-refractivity contribution in [3.63, 3.8) is 0 Å². The van der Waals surface area contributed by atoms with Crippen LogP contribution < -0.4 is 10.6 Å².